The summed E-state index contributed by atoms with van der Waals surface area (Å²) < 4.78 is 2.40. The third-order valence-electron chi connectivity index (χ3n) is 4.82. The van der Waals surface area contributed by atoms with Gasteiger partial charge in [-0.25, -0.2) is 4.98 Å². The fraction of sp³-hybridized carbons (Fsp3) is 0.562. The monoisotopic (exact) mass is 310 g/mol. The Hall–Kier alpha value is -0.730. The number of aromatic nitrogens is 2. The maximum absolute atomic E-state index is 6.31. The molecule has 1 aliphatic rings. The van der Waals surface area contributed by atoms with Gasteiger partial charge in [-0.1, -0.05) is 31.5 Å². The third-order valence-corrected chi connectivity index (χ3v) is 5.31. The maximum atomic E-state index is 6.31. The van der Waals surface area contributed by atoms with Crippen LogP contribution in [0.3, 0.4) is 0 Å². The predicted molar refractivity (Wildman–Crippen MR) is 85.8 cm³/mol. The smallest absolute Gasteiger partial charge is 0.111 e. The lowest BCUT2D eigenvalue weighted by Crippen LogP contribution is -2.17. The van der Waals surface area contributed by atoms with Gasteiger partial charge in [0.05, 0.1) is 10.5 Å². The van der Waals surface area contributed by atoms with Crippen molar-refractivity contribution in [1.82, 2.24) is 9.55 Å². The van der Waals surface area contributed by atoms with E-state index in [1.807, 2.05) is 12.1 Å². The van der Waals surface area contributed by atoms with Crippen LogP contribution < -0.4 is 0 Å². The molecule has 0 amide bonds. The van der Waals surface area contributed by atoms with E-state index in [9.17, 15) is 0 Å². The van der Waals surface area contributed by atoms with E-state index in [4.69, 9.17) is 28.2 Å². The van der Waals surface area contributed by atoms with Crippen molar-refractivity contribution in [1.29, 1.82) is 0 Å². The van der Waals surface area contributed by atoms with Crippen LogP contribution in [-0.4, -0.2) is 15.4 Å². The summed E-state index contributed by atoms with van der Waals surface area (Å²) in [6, 6.07) is 6.57. The molecule has 20 heavy (non-hydrogen) atoms. The Balaban J connectivity index is 2.17. The lowest BCUT2D eigenvalue weighted by Gasteiger charge is -2.22. The summed E-state index contributed by atoms with van der Waals surface area (Å²) in [7, 11) is 0. The highest BCUT2D eigenvalue weighted by atomic mass is 35.5. The van der Waals surface area contributed by atoms with Gasteiger partial charge >= 0.3 is 0 Å². The fourth-order valence-corrected chi connectivity index (χ4v) is 3.85. The van der Waals surface area contributed by atoms with Gasteiger partial charge < -0.3 is 4.57 Å². The highest BCUT2D eigenvalue weighted by molar-refractivity contribution is 6.34. The molecule has 4 heteroatoms. The van der Waals surface area contributed by atoms with Crippen molar-refractivity contribution in [3.8, 4) is 0 Å². The molecule has 0 bridgehead atoms. The second-order valence-corrected chi connectivity index (χ2v) is 6.71. The molecular formula is C16H20Cl2N2. The molecule has 0 N–H and O–H groups in total. The molecule has 0 radical (unpaired) electrons. The number of para-hydroxylation sites is 1. The van der Waals surface area contributed by atoms with E-state index in [2.05, 4.69) is 24.5 Å². The van der Waals surface area contributed by atoms with Crippen molar-refractivity contribution in [2.45, 2.75) is 39.2 Å². The Morgan fingerprint density at radius 1 is 1.30 bits per heavy atom. The topological polar surface area (TPSA) is 17.8 Å². The molecule has 1 aliphatic carbocycles. The molecule has 0 saturated heterocycles. The van der Waals surface area contributed by atoms with Crippen molar-refractivity contribution < 1.29 is 0 Å². The average molecular weight is 311 g/mol. The molecule has 2 aromatic rings. The zero-order valence-electron chi connectivity index (χ0n) is 11.9. The largest absolute Gasteiger partial charge is 0.325 e. The van der Waals surface area contributed by atoms with E-state index >= 15 is 0 Å². The molecule has 1 aromatic heterocycles. The Morgan fingerprint density at radius 2 is 2.10 bits per heavy atom. The molecule has 3 rings (SSSR count). The molecule has 0 spiro atoms. The first-order valence-corrected chi connectivity index (χ1v) is 8.26. The average Bonchev–Trinajstić information content (AvgIpc) is 2.94. The van der Waals surface area contributed by atoms with Crippen molar-refractivity contribution in [3.05, 3.63) is 29.0 Å². The first-order chi connectivity index (χ1) is 9.63. The molecule has 108 valence electrons. The van der Waals surface area contributed by atoms with E-state index in [1.54, 1.807) is 0 Å². The van der Waals surface area contributed by atoms with Gasteiger partial charge in [-0.15, -0.1) is 11.6 Å². The lowest BCUT2D eigenvalue weighted by atomic mass is 9.97. The molecule has 1 saturated carbocycles. The molecule has 3 atom stereocenters. The van der Waals surface area contributed by atoms with Crippen LogP contribution in [0.25, 0.3) is 11.0 Å². The quantitative estimate of drug-likeness (QED) is 0.723. The van der Waals surface area contributed by atoms with Crippen LogP contribution >= 0.6 is 23.2 Å². The number of halogens is 2. The van der Waals surface area contributed by atoms with Crippen LogP contribution in [0.5, 0.6) is 0 Å². The van der Waals surface area contributed by atoms with E-state index in [1.165, 1.54) is 12.8 Å². The number of imidazole rings is 1. The summed E-state index contributed by atoms with van der Waals surface area (Å²) >= 11 is 12.3. The fourth-order valence-electron chi connectivity index (χ4n) is 3.46. The van der Waals surface area contributed by atoms with Gasteiger partial charge in [-0.3, -0.25) is 0 Å². The van der Waals surface area contributed by atoms with Gasteiger partial charge in [-0.2, -0.15) is 0 Å². The number of benzene rings is 1. The van der Waals surface area contributed by atoms with Crippen LogP contribution in [0, 0.1) is 11.8 Å². The SMILES string of the molecule is CC1CCC(n2c(CCCl)nc3c(Cl)cccc32)C1C. The van der Waals surface area contributed by atoms with E-state index in [0.29, 0.717) is 17.8 Å². The number of aryl methyl sites for hydroxylation is 1. The summed E-state index contributed by atoms with van der Waals surface area (Å²) in [6.45, 7) is 4.70. The molecule has 1 heterocycles. The first kappa shape index (κ1) is 14.2. The maximum Gasteiger partial charge on any atom is 0.111 e. The van der Waals surface area contributed by atoms with Gasteiger partial charge in [0.25, 0.3) is 0 Å². The normalized spacial score (nSPS) is 26.5. The standard InChI is InChI=1S/C16H20Cl2N2/c1-10-6-7-13(11(10)2)20-14-5-3-4-12(18)16(14)19-15(20)8-9-17/h3-5,10-11,13H,6-9H2,1-2H3. The molecule has 2 nitrogen and oxygen atoms in total. The Bertz CT molecular complexity index is 620. The summed E-state index contributed by atoms with van der Waals surface area (Å²) in [5.41, 5.74) is 2.07. The predicted octanol–water partition coefficient (Wildman–Crippen LogP) is 5.08. The highest BCUT2D eigenvalue weighted by Gasteiger charge is 2.33. The van der Waals surface area contributed by atoms with E-state index in [-0.39, 0.29) is 0 Å². The third kappa shape index (κ3) is 2.23. The van der Waals surface area contributed by atoms with Gasteiger partial charge in [0.15, 0.2) is 0 Å². The van der Waals surface area contributed by atoms with Gasteiger partial charge in [-0.05, 0) is 36.8 Å². The number of fused-ring (bicyclic) bond motifs is 1. The summed E-state index contributed by atoms with van der Waals surface area (Å²) in [4.78, 5) is 4.75. The zero-order valence-corrected chi connectivity index (χ0v) is 13.5. The number of rotatable bonds is 3. The zero-order chi connectivity index (χ0) is 14.3. The summed E-state index contributed by atoms with van der Waals surface area (Å²) in [6.07, 6.45) is 3.30. The Kier molecular flexibility index (Phi) is 3.96. The second-order valence-electron chi connectivity index (χ2n) is 5.93. The molecular weight excluding hydrogens is 291 g/mol. The number of hydrogen-bond donors (Lipinski definition) is 0. The van der Waals surface area contributed by atoms with Crippen LogP contribution in [-0.2, 0) is 6.42 Å². The minimum Gasteiger partial charge on any atom is -0.325 e. The van der Waals surface area contributed by atoms with Crippen molar-refractivity contribution in [3.63, 3.8) is 0 Å². The summed E-state index contributed by atoms with van der Waals surface area (Å²) in [5.74, 6) is 3.10. The van der Waals surface area contributed by atoms with Crippen LogP contribution in [0.4, 0.5) is 0 Å². The van der Waals surface area contributed by atoms with E-state index in [0.717, 1.165) is 34.2 Å². The van der Waals surface area contributed by atoms with Gasteiger partial charge in [0.2, 0.25) is 0 Å². The molecule has 3 unspecified atom stereocenters. The van der Waals surface area contributed by atoms with Crippen molar-refractivity contribution in [2.24, 2.45) is 11.8 Å². The molecule has 0 aliphatic heterocycles. The molecule has 1 aromatic carbocycles. The van der Waals surface area contributed by atoms with Crippen molar-refractivity contribution in [2.75, 3.05) is 5.88 Å². The Morgan fingerprint density at radius 3 is 2.75 bits per heavy atom. The van der Waals surface area contributed by atoms with Crippen LogP contribution in [0.2, 0.25) is 5.02 Å². The summed E-state index contributed by atoms with van der Waals surface area (Å²) in [5, 5.41) is 0.732. The minimum atomic E-state index is 0.520. The van der Waals surface area contributed by atoms with E-state index < -0.39 is 0 Å². The number of alkyl halides is 1. The Labute approximate surface area is 130 Å². The number of nitrogens with zero attached hydrogens (tertiary/aromatic N) is 2. The molecule has 1 fully saturated rings. The van der Waals surface area contributed by atoms with Gasteiger partial charge in [0, 0.05) is 18.3 Å². The number of hydrogen-bond acceptors (Lipinski definition) is 1. The highest BCUT2D eigenvalue weighted by Crippen LogP contribution is 2.42. The van der Waals surface area contributed by atoms with Crippen LogP contribution in [0.15, 0.2) is 18.2 Å². The van der Waals surface area contributed by atoms with Crippen LogP contribution in [0.1, 0.15) is 38.6 Å². The minimum absolute atomic E-state index is 0.520. The van der Waals surface area contributed by atoms with Crippen molar-refractivity contribution >= 4 is 34.2 Å². The first-order valence-electron chi connectivity index (χ1n) is 7.34. The second kappa shape index (κ2) is 5.57. The lowest BCUT2D eigenvalue weighted by molar-refractivity contribution is 0.352. The van der Waals surface area contributed by atoms with Gasteiger partial charge in [0.1, 0.15) is 11.3 Å².